The molecule has 1 rings (SSSR count). The van der Waals surface area contributed by atoms with E-state index in [0.29, 0.717) is 6.61 Å². The molecule has 1 aromatic carbocycles. The lowest BCUT2D eigenvalue weighted by molar-refractivity contribution is -0.131. The summed E-state index contributed by atoms with van der Waals surface area (Å²) >= 11 is 0. The molecule has 0 bridgehead atoms. The Bertz CT molecular complexity index is 539. The largest absolute Gasteiger partial charge is 0.478 e. The zero-order valence-electron chi connectivity index (χ0n) is 13.9. The maximum absolute atomic E-state index is 10.6. The SMILES string of the molecule is Cc1cc(CO[Si](C)(C)C(C)(C)C)ccc1/C=C/C(=O)O. The molecule has 0 amide bonds. The Morgan fingerprint density at radius 2 is 1.95 bits per heavy atom. The Balaban J connectivity index is 2.79. The van der Waals surface area contributed by atoms with Crippen LogP contribution in [0.2, 0.25) is 18.1 Å². The highest BCUT2D eigenvalue weighted by Crippen LogP contribution is 2.37. The Labute approximate surface area is 128 Å². The van der Waals surface area contributed by atoms with Crippen LogP contribution in [0.1, 0.15) is 37.5 Å². The number of hydrogen-bond donors (Lipinski definition) is 1. The normalized spacial score (nSPS) is 12.9. The van der Waals surface area contributed by atoms with Crippen molar-refractivity contribution in [2.24, 2.45) is 0 Å². The zero-order valence-corrected chi connectivity index (χ0v) is 14.9. The van der Waals surface area contributed by atoms with E-state index >= 15 is 0 Å². The predicted molar refractivity (Wildman–Crippen MR) is 89.8 cm³/mol. The highest BCUT2D eigenvalue weighted by molar-refractivity contribution is 6.74. The van der Waals surface area contributed by atoms with Gasteiger partial charge in [0.15, 0.2) is 8.32 Å². The van der Waals surface area contributed by atoms with Gasteiger partial charge in [-0.3, -0.25) is 0 Å². The van der Waals surface area contributed by atoms with Crippen LogP contribution in [0.15, 0.2) is 24.3 Å². The van der Waals surface area contributed by atoms with E-state index < -0.39 is 14.3 Å². The molecule has 1 aromatic rings. The van der Waals surface area contributed by atoms with E-state index in [4.69, 9.17) is 9.53 Å². The van der Waals surface area contributed by atoms with Crippen LogP contribution in [0.3, 0.4) is 0 Å². The van der Waals surface area contributed by atoms with Crippen LogP contribution < -0.4 is 0 Å². The van der Waals surface area contributed by atoms with Crippen LogP contribution in [0.4, 0.5) is 0 Å². The predicted octanol–water partition coefficient (Wildman–Crippen LogP) is 4.61. The summed E-state index contributed by atoms with van der Waals surface area (Å²) in [5.41, 5.74) is 3.11. The molecule has 0 spiro atoms. The van der Waals surface area contributed by atoms with Gasteiger partial charge in [-0.2, -0.15) is 0 Å². The second-order valence-electron chi connectivity index (χ2n) is 6.91. The van der Waals surface area contributed by atoms with Crippen molar-refractivity contribution in [1.29, 1.82) is 0 Å². The Morgan fingerprint density at radius 1 is 1.33 bits per heavy atom. The van der Waals surface area contributed by atoms with E-state index in [1.165, 1.54) is 0 Å². The minimum absolute atomic E-state index is 0.201. The van der Waals surface area contributed by atoms with Crippen LogP contribution in [0, 0.1) is 6.92 Å². The highest BCUT2D eigenvalue weighted by atomic mass is 28.4. The Kier molecular flexibility index (Phi) is 5.53. The molecule has 0 saturated heterocycles. The maximum atomic E-state index is 10.6. The van der Waals surface area contributed by atoms with E-state index in [9.17, 15) is 4.79 Å². The van der Waals surface area contributed by atoms with Crippen LogP contribution in [-0.2, 0) is 15.8 Å². The molecule has 3 nitrogen and oxygen atoms in total. The van der Waals surface area contributed by atoms with Crippen molar-refractivity contribution >= 4 is 20.4 Å². The number of carboxylic acid groups (broad SMARTS) is 1. The number of aryl methyl sites for hydroxylation is 1. The molecule has 0 heterocycles. The van der Waals surface area contributed by atoms with Crippen LogP contribution in [-0.4, -0.2) is 19.4 Å². The number of aliphatic carboxylic acids is 1. The van der Waals surface area contributed by atoms with Gasteiger partial charge in [0.05, 0.1) is 6.61 Å². The fourth-order valence-corrected chi connectivity index (χ4v) is 2.62. The lowest BCUT2D eigenvalue weighted by atomic mass is 10.1. The third-order valence-electron chi connectivity index (χ3n) is 4.15. The van der Waals surface area contributed by atoms with Gasteiger partial charge in [0.1, 0.15) is 0 Å². The summed E-state index contributed by atoms with van der Waals surface area (Å²) in [6, 6.07) is 6.01. The van der Waals surface area contributed by atoms with Gasteiger partial charge in [-0.1, -0.05) is 39.0 Å². The molecular formula is C17H26O3Si. The van der Waals surface area contributed by atoms with Crippen molar-refractivity contribution in [3.8, 4) is 0 Å². The molecule has 1 N–H and O–H groups in total. The van der Waals surface area contributed by atoms with Gasteiger partial charge in [-0.25, -0.2) is 4.79 Å². The summed E-state index contributed by atoms with van der Waals surface area (Å²) in [7, 11) is -1.74. The number of hydrogen-bond acceptors (Lipinski definition) is 2. The summed E-state index contributed by atoms with van der Waals surface area (Å²) < 4.78 is 6.20. The molecule has 0 aliphatic carbocycles. The van der Waals surface area contributed by atoms with Gasteiger partial charge in [-0.05, 0) is 47.8 Å². The van der Waals surface area contributed by atoms with Crippen LogP contribution in [0.5, 0.6) is 0 Å². The Hall–Kier alpha value is -1.39. The molecule has 0 radical (unpaired) electrons. The standard InChI is InChI=1S/C17H26O3Si/c1-13-11-14(7-8-15(13)9-10-16(18)19)12-20-21(5,6)17(2,3)4/h7-11H,12H2,1-6H3,(H,18,19)/b10-9+. The van der Waals surface area contributed by atoms with Crippen molar-refractivity contribution in [3.05, 3.63) is 41.0 Å². The Morgan fingerprint density at radius 3 is 2.43 bits per heavy atom. The first-order valence-corrected chi connectivity index (χ1v) is 10.1. The molecule has 0 aliphatic rings. The van der Waals surface area contributed by atoms with Gasteiger partial charge in [0.2, 0.25) is 0 Å². The lowest BCUT2D eigenvalue weighted by Crippen LogP contribution is -2.40. The minimum Gasteiger partial charge on any atom is -0.478 e. The summed E-state index contributed by atoms with van der Waals surface area (Å²) in [6.07, 6.45) is 2.78. The summed E-state index contributed by atoms with van der Waals surface area (Å²) in [5, 5.41) is 8.87. The van der Waals surface area contributed by atoms with Crippen molar-refractivity contribution < 1.29 is 14.3 Å². The molecule has 0 aliphatic heterocycles. The fourth-order valence-electron chi connectivity index (χ4n) is 1.66. The molecular weight excluding hydrogens is 280 g/mol. The van der Waals surface area contributed by atoms with Crippen LogP contribution >= 0.6 is 0 Å². The first-order valence-electron chi connectivity index (χ1n) is 7.17. The molecule has 0 fully saturated rings. The fraction of sp³-hybridized carbons (Fsp3) is 0.471. The summed E-state index contributed by atoms with van der Waals surface area (Å²) in [5.74, 6) is -0.931. The van der Waals surface area contributed by atoms with Gasteiger partial charge in [0, 0.05) is 6.08 Å². The van der Waals surface area contributed by atoms with Gasteiger partial charge in [-0.15, -0.1) is 0 Å². The van der Waals surface area contributed by atoms with Crippen molar-refractivity contribution in [2.75, 3.05) is 0 Å². The first kappa shape index (κ1) is 17.7. The average molecular weight is 306 g/mol. The monoisotopic (exact) mass is 306 g/mol. The van der Waals surface area contributed by atoms with E-state index in [0.717, 1.165) is 22.8 Å². The quantitative estimate of drug-likeness (QED) is 0.638. The van der Waals surface area contributed by atoms with Crippen LogP contribution in [0.25, 0.3) is 6.08 Å². The second kappa shape index (κ2) is 6.58. The van der Waals surface area contributed by atoms with Crippen molar-refractivity contribution in [1.82, 2.24) is 0 Å². The lowest BCUT2D eigenvalue weighted by Gasteiger charge is -2.36. The number of rotatable bonds is 5. The molecule has 4 heteroatoms. The molecule has 0 unspecified atom stereocenters. The third-order valence-corrected chi connectivity index (χ3v) is 8.62. The number of carbonyl (C=O) groups is 1. The van der Waals surface area contributed by atoms with Gasteiger partial charge in [0.25, 0.3) is 0 Å². The summed E-state index contributed by atoms with van der Waals surface area (Å²) in [4.78, 5) is 10.6. The number of carboxylic acids is 1. The average Bonchev–Trinajstić information content (AvgIpc) is 2.33. The number of benzene rings is 1. The molecule has 21 heavy (non-hydrogen) atoms. The van der Waals surface area contributed by atoms with Crippen molar-refractivity contribution in [2.45, 2.75) is 52.4 Å². The third kappa shape index (κ3) is 5.14. The van der Waals surface area contributed by atoms with E-state index in [-0.39, 0.29) is 5.04 Å². The summed E-state index contributed by atoms with van der Waals surface area (Å²) in [6.45, 7) is 13.8. The van der Waals surface area contributed by atoms with Gasteiger partial charge < -0.3 is 9.53 Å². The zero-order chi connectivity index (χ0) is 16.3. The van der Waals surface area contributed by atoms with E-state index in [2.05, 4.69) is 39.9 Å². The highest BCUT2D eigenvalue weighted by Gasteiger charge is 2.36. The molecule has 0 atom stereocenters. The molecule has 116 valence electrons. The molecule has 0 aromatic heterocycles. The van der Waals surface area contributed by atoms with Crippen molar-refractivity contribution in [3.63, 3.8) is 0 Å². The first-order chi connectivity index (χ1) is 9.53. The van der Waals surface area contributed by atoms with E-state index in [1.54, 1.807) is 6.08 Å². The topological polar surface area (TPSA) is 46.5 Å². The minimum atomic E-state index is -1.74. The second-order valence-corrected chi connectivity index (χ2v) is 11.7. The smallest absolute Gasteiger partial charge is 0.328 e. The van der Waals surface area contributed by atoms with E-state index in [1.807, 2.05) is 19.1 Å². The maximum Gasteiger partial charge on any atom is 0.328 e. The molecule has 0 saturated carbocycles. The van der Waals surface area contributed by atoms with Gasteiger partial charge >= 0.3 is 5.97 Å².